The lowest BCUT2D eigenvalue weighted by atomic mass is 10.2. The fourth-order valence-corrected chi connectivity index (χ4v) is 4.05. The van der Waals surface area contributed by atoms with Crippen LogP contribution in [0, 0.1) is 0 Å². The van der Waals surface area contributed by atoms with Crippen molar-refractivity contribution in [2.24, 2.45) is 0 Å². The fourth-order valence-electron chi connectivity index (χ4n) is 1.85. The van der Waals surface area contributed by atoms with Crippen LogP contribution in [0.2, 0.25) is 0 Å². The van der Waals surface area contributed by atoms with Crippen molar-refractivity contribution >= 4 is 33.5 Å². The molecule has 6 nitrogen and oxygen atoms in total. The quantitative estimate of drug-likeness (QED) is 0.574. The maximum atomic E-state index is 11.9. The lowest BCUT2D eigenvalue weighted by Gasteiger charge is -2.05. The highest BCUT2D eigenvalue weighted by Gasteiger charge is 2.08. The molecule has 0 aliphatic carbocycles. The van der Waals surface area contributed by atoms with Gasteiger partial charge in [0.05, 0.1) is 27.1 Å². The Kier molecular flexibility index (Phi) is 9.48. The van der Waals surface area contributed by atoms with Crippen LogP contribution in [0.25, 0.3) is 0 Å². The van der Waals surface area contributed by atoms with E-state index in [1.54, 1.807) is 0 Å². The molecule has 134 valence electrons. The Hall–Kier alpha value is -1.54. The molecule has 1 aromatic rings. The Balaban J connectivity index is 2.42. The maximum Gasteiger partial charge on any atom is 0.306 e. The van der Waals surface area contributed by atoms with E-state index < -0.39 is 21.6 Å². The van der Waals surface area contributed by atoms with Crippen molar-refractivity contribution in [1.82, 2.24) is 0 Å². The van der Waals surface area contributed by atoms with Gasteiger partial charge in [-0.1, -0.05) is 24.3 Å². The summed E-state index contributed by atoms with van der Waals surface area (Å²) in [5, 5.41) is 0. The van der Waals surface area contributed by atoms with Crippen LogP contribution in [0.4, 0.5) is 0 Å². The molecule has 0 aliphatic rings. The topological polar surface area (TPSA) is 86.7 Å². The predicted octanol–water partition coefficient (Wildman–Crippen LogP) is 1.31. The monoisotopic (exact) mass is 374 g/mol. The molecule has 8 heteroatoms. The van der Waals surface area contributed by atoms with Gasteiger partial charge in [-0.2, -0.15) is 0 Å². The Morgan fingerprint density at radius 3 is 1.42 bits per heavy atom. The molecule has 0 saturated heterocycles. The molecule has 1 rings (SSSR count). The molecule has 0 bridgehead atoms. The number of hydrogen-bond donors (Lipinski definition) is 0. The summed E-state index contributed by atoms with van der Waals surface area (Å²) in [5.74, 6) is 0.532. The Bertz CT molecular complexity index is 544. The molecule has 0 radical (unpaired) electrons. The number of esters is 2. The summed E-state index contributed by atoms with van der Waals surface area (Å²) >= 11 is 0. The molecule has 1 aromatic carbocycles. The van der Waals surface area contributed by atoms with Gasteiger partial charge in [-0.25, -0.2) is 0 Å². The highest BCUT2D eigenvalue weighted by atomic mass is 32.2. The van der Waals surface area contributed by atoms with Crippen molar-refractivity contribution in [2.75, 3.05) is 25.7 Å². The Morgan fingerprint density at radius 1 is 0.792 bits per heavy atom. The second kappa shape index (κ2) is 11.1. The second-order valence-electron chi connectivity index (χ2n) is 5.05. The summed E-state index contributed by atoms with van der Waals surface area (Å²) in [4.78, 5) is 22.0. The third kappa shape index (κ3) is 8.35. The first-order chi connectivity index (χ1) is 11.4. The first kappa shape index (κ1) is 20.5. The van der Waals surface area contributed by atoms with Crippen LogP contribution in [0.5, 0.6) is 0 Å². The van der Waals surface area contributed by atoms with Gasteiger partial charge in [-0.15, -0.1) is 0 Å². The van der Waals surface area contributed by atoms with E-state index >= 15 is 0 Å². The zero-order chi connectivity index (χ0) is 17.9. The number of carbonyl (C=O) groups excluding carboxylic acids is 2. The molecule has 0 heterocycles. The lowest BCUT2D eigenvalue weighted by Crippen LogP contribution is -2.09. The van der Waals surface area contributed by atoms with E-state index in [1.807, 2.05) is 24.3 Å². The highest BCUT2D eigenvalue weighted by molar-refractivity contribution is 7.84. The summed E-state index contributed by atoms with van der Waals surface area (Å²) in [6.07, 6.45) is 0.279. The standard InChI is InChI=1S/C16H22O6S2/c1-21-15(17)7-9-23(19)11-13-3-5-14(6-4-13)12-24(20)10-8-16(18)22-2/h3-6H,7-12H2,1-2H3. The first-order valence-corrected chi connectivity index (χ1v) is 10.3. The van der Waals surface area contributed by atoms with Gasteiger partial charge >= 0.3 is 11.9 Å². The SMILES string of the molecule is COC(=O)CCS(=O)Cc1ccc(CS(=O)CCC(=O)OC)cc1. The van der Waals surface area contributed by atoms with Gasteiger partial charge in [-0.05, 0) is 11.1 Å². The molecule has 0 aromatic heterocycles. The summed E-state index contributed by atoms with van der Waals surface area (Å²) < 4.78 is 32.8. The number of benzene rings is 1. The van der Waals surface area contributed by atoms with Crippen LogP contribution in [-0.4, -0.2) is 46.1 Å². The third-order valence-electron chi connectivity index (χ3n) is 3.20. The van der Waals surface area contributed by atoms with Crippen molar-refractivity contribution in [3.8, 4) is 0 Å². The second-order valence-corrected chi connectivity index (χ2v) is 8.20. The molecule has 24 heavy (non-hydrogen) atoms. The minimum Gasteiger partial charge on any atom is -0.469 e. The van der Waals surface area contributed by atoms with Gasteiger partial charge in [0.15, 0.2) is 0 Å². The zero-order valence-electron chi connectivity index (χ0n) is 13.8. The molecule has 0 aliphatic heterocycles. The van der Waals surface area contributed by atoms with E-state index in [4.69, 9.17) is 0 Å². The number of hydrogen-bond acceptors (Lipinski definition) is 6. The highest BCUT2D eigenvalue weighted by Crippen LogP contribution is 2.10. The van der Waals surface area contributed by atoms with Gasteiger partial charge in [0, 0.05) is 44.6 Å². The molecular weight excluding hydrogens is 352 g/mol. The minimum atomic E-state index is -1.13. The van der Waals surface area contributed by atoms with E-state index in [1.165, 1.54) is 14.2 Å². The van der Waals surface area contributed by atoms with E-state index in [-0.39, 0.29) is 36.3 Å². The average molecular weight is 374 g/mol. The zero-order valence-corrected chi connectivity index (χ0v) is 15.5. The summed E-state index contributed by atoms with van der Waals surface area (Å²) in [6, 6.07) is 7.34. The maximum absolute atomic E-state index is 11.9. The number of rotatable bonds is 10. The third-order valence-corrected chi connectivity index (χ3v) is 5.83. The van der Waals surface area contributed by atoms with Crippen molar-refractivity contribution < 1.29 is 27.5 Å². The molecule has 2 atom stereocenters. The van der Waals surface area contributed by atoms with E-state index in [0.717, 1.165) is 11.1 Å². The Morgan fingerprint density at radius 2 is 1.12 bits per heavy atom. The van der Waals surface area contributed by atoms with Crippen molar-refractivity contribution in [1.29, 1.82) is 0 Å². The van der Waals surface area contributed by atoms with Crippen LogP contribution in [0.3, 0.4) is 0 Å². The Labute approximate surface area is 146 Å². The van der Waals surface area contributed by atoms with Crippen molar-refractivity contribution in [3.63, 3.8) is 0 Å². The molecule has 0 fully saturated rings. The minimum absolute atomic E-state index is 0.139. The van der Waals surface area contributed by atoms with Crippen LogP contribution in [-0.2, 0) is 52.2 Å². The van der Waals surface area contributed by atoms with E-state index in [2.05, 4.69) is 9.47 Å². The van der Waals surface area contributed by atoms with Gasteiger partial charge < -0.3 is 9.47 Å². The van der Waals surface area contributed by atoms with Crippen LogP contribution >= 0.6 is 0 Å². The smallest absolute Gasteiger partial charge is 0.306 e. The van der Waals surface area contributed by atoms with E-state index in [0.29, 0.717) is 11.5 Å². The van der Waals surface area contributed by atoms with Crippen LogP contribution in [0.1, 0.15) is 24.0 Å². The van der Waals surface area contributed by atoms with Gasteiger partial charge in [0.1, 0.15) is 0 Å². The van der Waals surface area contributed by atoms with E-state index in [9.17, 15) is 18.0 Å². The molecule has 2 unspecified atom stereocenters. The normalized spacial score (nSPS) is 13.1. The van der Waals surface area contributed by atoms with Crippen molar-refractivity contribution in [2.45, 2.75) is 24.3 Å². The largest absolute Gasteiger partial charge is 0.469 e. The summed E-state index contributed by atoms with van der Waals surface area (Å²) in [5.41, 5.74) is 1.78. The summed E-state index contributed by atoms with van der Waals surface area (Å²) in [6.45, 7) is 0. The molecular formula is C16H22O6S2. The number of carbonyl (C=O) groups is 2. The van der Waals surface area contributed by atoms with Gasteiger partial charge in [-0.3, -0.25) is 18.0 Å². The van der Waals surface area contributed by atoms with Gasteiger partial charge in [0.2, 0.25) is 0 Å². The van der Waals surface area contributed by atoms with Crippen LogP contribution in [0.15, 0.2) is 24.3 Å². The average Bonchev–Trinajstić information content (AvgIpc) is 2.59. The predicted molar refractivity (Wildman–Crippen MR) is 93.1 cm³/mol. The molecule has 0 amide bonds. The molecule has 0 spiro atoms. The fraction of sp³-hybridized carbons (Fsp3) is 0.500. The number of methoxy groups -OCH3 is 2. The van der Waals surface area contributed by atoms with Crippen molar-refractivity contribution in [3.05, 3.63) is 35.4 Å². The summed E-state index contributed by atoms with van der Waals surface area (Å²) in [7, 11) is 0.345. The number of ether oxygens (including phenoxy) is 2. The first-order valence-electron chi connectivity index (χ1n) is 7.36. The molecule has 0 N–H and O–H groups in total. The lowest BCUT2D eigenvalue weighted by molar-refractivity contribution is -0.141. The van der Waals surface area contributed by atoms with Crippen LogP contribution < -0.4 is 0 Å². The van der Waals surface area contributed by atoms with Gasteiger partial charge in [0.25, 0.3) is 0 Å². The molecule has 0 saturated carbocycles.